The number of amides is 1. The number of aromatic nitrogens is 2. The van der Waals surface area contributed by atoms with Gasteiger partial charge in [0.15, 0.2) is 0 Å². The predicted molar refractivity (Wildman–Crippen MR) is 128 cm³/mol. The first-order valence-corrected chi connectivity index (χ1v) is 13.2. The molecular weight excluding hydrogens is 468 g/mol. The fraction of sp³-hybridized carbons (Fsp3) is 0.364. The van der Waals surface area contributed by atoms with Crippen LogP contribution >= 0.6 is 22.9 Å². The molecule has 0 unspecified atom stereocenters. The van der Waals surface area contributed by atoms with Crippen molar-refractivity contribution in [1.82, 2.24) is 14.5 Å². The molecule has 32 heavy (non-hydrogen) atoms. The van der Waals surface area contributed by atoms with Crippen molar-refractivity contribution in [2.75, 3.05) is 17.8 Å². The average Bonchev–Trinajstić information content (AvgIpc) is 3.38. The van der Waals surface area contributed by atoms with Gasteiger partial charge in [-0.2, -0.15) is 0 Å². The largest absolute Gasteiger partial charge is 0.341 e. The quantitative estimate of drug-likeness (QED) is 0.540. The van der Waals surface area contributed by atoms with Gasteiger partial charge in [0.05, 0.1) is 11.4 Å². The third-order valence-corrected chi connectivity index (χ3v) is 8.20. The Morgan fingerprint density at radius 2 is 1.94 bits per heavy atom. The number of likely N-dealkylation sites (tertiary alicyclic amines) is 1. The van der Waals surface area contributed by atoms with Crippen LogP contribution < -0.4 is 4.72 Å². The lowest BCUT2D eigenvalue weighted by Crippen LogP contribution is -2.37. The van der Waals surface area contributed by atoms with Gasteiger partial charge in [-0.05, 0) is 56.9 Å². The van der Waals surface area contributed by atoms with Gasteiger partial charge in [-0.1, -0.05) is 17.7 Å². The van der Waals surface area contributed by atoms with Crippen LogP contribution in [-0.2, 0) is 21.4 Å². The van der Waals surface area contributed by atoms with E-state index in [1.807, 2.05) is 24.1 Å². The van der Waals surface area contributed by atoms with E-state index in [0.29, 0.717) is 21.4 Å². The first kappa shape index (κ1) is 22.8. The van der Waals surface area contributed by atoms with Crippen LogP contribution in [-0.4, -0.2) is 41.9 Å². The summed E-state index contributed by atoms with van der Waals surface area (Å²) in [4.78, 5) is 19.3. The standard InChI is InChI=1S/C22H25ClN4O3S2/c1-15-6-7-17(10-19(15)23)25-32(29,30)18-11-20(22-24-16(2)14-31-22)27(12-18)13-21(28)26-8-4-3-5-9-26/h6-7,10-12,14,25H,3-5,8-9,13H2,1-2H3. The van der Waals surface area contributed by atoms with Gasteiger partial charge in [-0.25, -0.2) is 13.4 Å². The Morgan fingerprint density at radius 3 is 2.59 bits per heavy atom. The Kier molecular flexibility index (Phi) is 6.60. The normalized spacial score (nSPS) is 14.5. The molecule has 1 amide bonds. The Bertz CT molecular complexity index is 1240. The zero-order chi connectivity index (χ0) is 22.9. The summed E-state index contributed by atoms with van der Waals surface area (Å²) >= 11 is 7.56. The maximum absolute atomic E-state index is 13.1. The lowest BCUT2D eigenvalue weighted by Gasteiger charge is -2.27. The van der Waals surface area contributed by atoms with E-state index < -0.39 is 10.0 Å². The third-order valence-electron chi connectivity index (χ3n) is 5.46. The van der Waals surface area contributed by atoms with Gasteiger partial charge in [0.2, 0.25) is 5.91 Å². The Hall–Kier alpha value is -2.36. The molecule has 1 saturated heterocycles. The van der Waals surface area contributed by atoms with E-state index in [4.69, 9.17) is 11.6 Å². The summed E-state index contributed by atoms with van der Waals surface area (Å²) < 4.78 is 30.5. The number of carbonyl (C=O) groups excluding carboxylic acids is 1. The molecule has 0 saturated carbocycles. The second-order valence-corrected chi connectivity index (χ2v) is 10.9. The number of hydrogen-bond donors (Lipinski definition) is 1. The molecule has 0 spiro atoms. The lowest BCUT2D eigenvalue weighted by atomic mass is 10.1. The van der Waals surface area contributed by atoms with E-state index in [-0.39, 0.29) is 17.3 Å². The molecule has 1 fully saturated rings. The molecule has 1 aliphatic rings. The summed E-state index contributed by atoms with van der Waals surface area (Å²) in [6.07, 6.45) is 4.64. The highest BCUT2D eigenvalue weighted by molar-refractivity contribution is 7.92. The topological polar surface area (TPSA) is 84.3 Å². The fourth-order valence-corrected chi connectivity index (χ4v) is 5.77. The van der Waals surface area contributed by atoms with Crippen molar-refractivity contribution in [2.24, 2.45) is 0 Å². The summed E-state index contributed by atoms with van der Waals surface area (Å²) in [5.41, 5.74) is 2.69. The van der Waals surface area contributed by atoms with Gasteiger partial charge >= 0.3 is 0 Å². The van der Waals surface area contributed by atoms with Crippen molar-refractivity contribution in [3.63, 3.8) is 0 Å². The molecule has 1 N–H and O–H groups in total. The van der Waals surface area contributed by atoms with Crippen molar-refractivity contribution in [3.8, 4) is 10.7 Å². The first-order valence-electron chi connectivity index (χ1n) is 10.4. The average molecular weight is 493 g/mol. The Balaban J connectivity index is 1.66. The number of carbonyl (C=O) groups is 1. The van der Waals surface area contributed by atoms with Crippen LogP contribution in [0.3, 0.4) is 0 Å². The number of thiazole rings is 1. The summed E-state index contributed by atoms with van der Waals surface area (Å²) in [6, 6.07) is 6.57. The minimum atomic E-state index is -3.88. The molecule has 7 nitrogen and oxygen atoms in total. The van der Waals surface area contributed by atoms with Crippen molar-refractivity contribution < 1.29 is 13.2 Å². The van der Waals surface area contributed by atoms with Crippen molar-refractivity contribution in [3.05, 3.63) is 52.1 Å². The van der Waals surface area contributed by atoms with Gasteiger partial charge in [0, 0.05) is 35.4 Å². The van der Waals surface area contributed by atoms with Crippen molar-refractivity contribution >= 4 is 44.6 Å². The van der Waals surface area contributed by atoms with Gasteiger partial charge < -0.3 is 9.47 Å². The number of nitrogens with one attached hydrogen (secondary N) is 1. The number of benzene rings is 1. The minimum Gasteiger partial charge on any atom is -0.341 e. The smallest absolute Gasteiger partial charge is 0.263 e. The number of nitrogens with zero attached hydrogens (tertiary/aromatic N) is 3. The van der Waals surface area contributed by atoms with E-state index >= 15 is 0 Å². The second kappa shape index (κ2) is 9.25. The van der Waals surface area contributed by atoms with E-state index in [2.05, 4.69) is 9.71 Å². The van der Waals surface area contributed by atoms with Gasteiger partial charge in [0.1, 0.15) is 16.4 Å². The third kappa shape index (κ3) is 5.00. The van der Waals surface area contributed by atoms with Gasteiger partial charge in [-0.3, -0.25) is 9.52 Å². The van der Waals surface area contributed by atoms with Crippen LogP contribution in [0.15, 0.2) is 40.7 Å². The second-order valence-electron chi connectivity index (χ2n) is 7.99. The summed E-state index contributed by atoms with van der Waals surface area (Å²) in [5, 5.41) is 3.06. The maximum Gasteiger partial charge on any atom is 0.263 e. The van der Waals surface area contributed by atoms with Crippen LogP contribution in [0.1, 0.15) is 30.5 Å². The molecule has 10 heteroatoms. The van der Waals surface area contributed by atoms with E-state index in [1.54, 1.807) is 28.8 Å². The van der Waals surface area contributed by atoms with E-state index in [0.717, 1.165) is 43.6 Å². The maximum atomic E-state index is 13.1. The lowest BCUT2D eigenvalue weighted by molar-refractivity contribution is -0.132. The van der Waals surface area contributed by atoms with Crippen LogP contribution in [0.25, 0.3) is 10.7 Å². The van der Waals surface area contributed by atoms with Crippen LogP contribution in [0.5, 0.6) is 0 Å². The summed E-state index contributed by atoms with van der Waals surface area (Å²) in [5.74, 6) is -0.0166. The number of rotatable bonds is 6. The van der Waals surface area contributed by atoms with Gasteiger partial charge in [0.25, 0.3) is 10.0 Å². The zero-order valence-corrected chi connectivity index (χ0v) is 20.4. The number of aryl methyl sites for hydroxylation is 2. The molecule has 0 atom stereocenters. The van der Waals surface area contributed by atoms with E-state index in [9.17, 15) is 13.2 Å². The summed E-state index contributed by atoms with van der Waals surface area (Å²) in [7, 11) is -3.88. The van der Waals surface area contributed by atoms with Crippen LogP contribution in [0.2, 0.25) is 5.02 Å². The summed E-state index contributed by atoms with van der Waals surface area (Å²) in [6.45, 7) is 5.29. The van der Waals surface area contributed by atoms with Crippen LogP contribution in [0.4, 0.5) is 5.69 Å². The Labute approximate surface area is 197 Å². The van der Waals surface area contributed by atoms with Crippen molar-refractivity contribution in [2.45, 2.75) is 44.6 Å². The molecule has 1 aromatic carbocycles. The number of anilines is 1. The predicted octanol–water partition coefficient (Wildman–Crippen LogP) is 4.70. The zero-order valence-electron chi connectivity index (χ0n) is 18.0. The van der Waals surface area contributed by atoms with Crippen LogP contribution in [0, 0.1) is 13.8 Å². The van der Waals surface area contributed by atoms with Crippen molar-refractivity contribution in [1.29, 1.82) is 0 Å². The monoisotopic (exact) mass is 492 g/mol. The molecule has 3 aromatic rings. The molecule has 3 heterocycles. The SMILES string of the molecule is Cc1csc(-c2cc(S(=O)(=O)Nc3ccc(C)c(Cl)c3)cn2CC(=O)N2CCCCC2)n1. The molecule has 1 aliphatic heterocycles. The highest BCUT2D eigenvalue weighted by atomic mass is 35.5. The highest BCUT2D eigenvalue weighted by Gasteiger charge is 2.24. The number of sulfonamides is 1. The molecule has 0 bridgehead atoms. The number of halogens is 1. The highest BCUT2D eigenvalue weighted by Crippen LogP contribution is 2.30. The van der Waals surface area contributed by atoms with E-state index in [1.165, 1.54) is 17.5 Å². The van der Waals surface area contributed by atoms with Gasteiger partial charge in [-0.15, -0.1) is 11.3 Å². The fourth-order valence-electron chi connectivity index (χ4n) is 3.67. The molecular formula is C22H25ClN4O3S2. The Morgan fingerprint density at radius 1 is 1.19 bits per heavy atom. The molecule has 0 aliphatic carbocycles. The molecule has 4 rings (SSSR count). The number of piperidine rings is 1. The first-order chi connectivity index (χ1) is 15.2. The molecule has 2 aromatic heterocycles. The minimum absolute atomic E-state index is 0.0166. The number of hydrogen-bond acceptors (Lipinski definition) is 5. The molecule has 170 valence electrons. The molecule has 0 radical (unpaired) electrons.